The zero-order chi connectivity index (χ0) is 20.9. The molecule has 2 aromatic carbocycles. The van der Waals surface area contributed by atoms with E-state index in [4.69, 9.17) is 14.2 Å². The third-order valence-electron chi connectivity index (χ3n) is 5.16. The Bertz CT molecular complexity index is 1020. The molecule has 30 heavy (non-hydrogen) atoms. The van der Waals surface area contributed by atoms with Crippen LogP contribution in [-0.2, 0) is 17.8 Å². The van der Waals surface area contributed by atoms with E-state index < -0.39 is 6.10 Å². The minimum Gasteiger partial charge on any atom is -0.493 e. The maximum atomic E-state index is 11.8. The number of rotatable bonds is 6. The second-order valence-corrected chi connectivity index (χ2v) is 7.22. The fraction of sp³-hybridized carbons (Fsp3) is 0.250. The number of benzene rings is 2. The number of fused-ring (bicyclic) bond motifs is 1. The van der Waals surface area contributed by atoms with Crippen LogP contribution < -0.4 is 9.47 Å². The van der Waals surface area contributed by atoms with Gasteiger partial charge < -0.3 is 19.3 Å². The molecule has 6 heteroatoms. The number of carbonyl (C=O) groups excluding carboxylic acids is 1. The molecule has 154 valence electrons. The van der Waals surface area contributed by atoms with Crippen LogP contribution in [0.2, 0.25) is 0 Å². The Labute approximate surface area is 175 Å². The number of hydrogen-bond donors (Lipinski definition) is 1. The lowest BCUT2D eigenvalue weighted by Gasteiger charge is -2.30. The van der Waals surface area contributed by atoms with Crippen LogP contribution in [0.25, 0.3) is 0 Å². The normalized spacial score (nSPS) is 17.5. The molecule has 2 unspecified atom stereocenters. The largest absolute Gasteiger partial charge is 0.493 e. The van der Waals surface area contributed by atoms with Gasteiger partial charge in [-0.05, 0) is 54.4 Å². The fourth-order valence-electron chi connectivity index (χ4n) is 3.58. The standard InChI is InChI=1S/C24H23NO5/c1-28-24(27)17-6-4-5-16(11-17)12-18-14-30-22-9-8-20(13-21(22)23(18)26)29-15-19-7-2-3-10-25-19/h2-11,13,18,23,26H,12,14-15H2,1H3. The smallest absolute Gasteiger partial charge is 0.337 e. The fourth-order valence-corrected chi connectivity index (χ4v) is 3.58. The molecule has 3 aromatic rings. The molecule has 0 saturated carbocycles. The number of carbonyl (C=O) groups is 1. The highest BCUT2D eigenvalue weighted by molar-refractivity contribution is 5.89. The van der Waals surface area contributed by atoms with Gasteiger partial charge in [0.25, 0.3) is 0 Å². The highest BCUT2D eigenvalue weighted by atomic mass is 16.5. The van der Waals surface area contributed by atoms with Crippen molar-refractivity contribution in [1.82, 2.24) is 4.98 Å². The monoisotopic (exact) mass is 405 g/mol. The summed E-state index contributed by atoms with van der Waals surface area (Å²) in [5.41, 5.74) is 2.97. The Hall–Kier alpha value is -3.38. The van der Waals surface area contributed by atoms with Gasteiger partial charge in [0.05, 0.1) is 31.1 Å². The number of methoxy groups -OCH3 is 1. The molecule has 4 rings (SSSR count). The Morgan fingerprint density at radius 1 is 1.17 bits per heavy atom. The van der Waals surface area contributed by atoms with Gasteiger partial charge in [0.1, 0.15) is 18.1 Å². The first-order valence-corrected chi connectivity index (χ1v) is 9.79. The van der Waals surface area contributed by atoms with Crippen molar-refractivity contribution in [3.8, 4) is 11.5 Å². The van der Waals surface area contributed by atoms with E-state index >= 15 is 0 Å². The van der Waals surface area contributed by atoms with Gasteiger partial charge in [0.2, 0.25) is 0 Å². The van der Waals surface area contributed by atoms with Gasteiger partial charge >= 0.3 is 5.97 Å². The van der Waals surface area contributed by atoms with Gasteiger partial charge in [-0.1, -0.05) is 18.2 Å². The molecule has 0 fully saturated rings. The maximum absolute atomic E-state index is 11.8. The molecule has 0 spiro atoms. The van der Waals surface area contributed by atoms with Gasteiger partial charge in [-0.15, -0.1) is 0 Å². The molecular formula is C24H23NO5. The number of aromatic nitrogens is 1. The van der Waals surface area contributed by atoms with E-state index in [1.807, 2.05) is 48.5 Å². The summed E-state index contributed by atoms with van der Waals surface area (Å²) in [5.74, 6) is 0.788. The predicted octanol–water partition coefficient (Wildman–Crippen LogP) is 3.73. The summed E-state index contributed by atoms with van der Waals surface area (Å²) in [4.78, 5) is 16.0. The highest BCUT2D eigenvalue weighted by Gasteiger charge is 2.30. The van der Waals surface area contributed by atoms with E-state index in [0.717, 1.165) is 11.3 Å². The van der Waals surface area contributed by atoms with E-state index in [1.54, 1.807) is 18.3 Å². The molecule has 1 aliphatic heterocycles. The lowest BCUT2D eigenvalue weighted by molar-refractivity contribution is 0.0504. The number of pyridine rings is 1. The molecule has 0 radical (unpaired) electrons. The van der Waals surface area contributed by atoms with Crippen LogP contribution in [0.3, 0.4) is 0 Å². The summed E-state index contributed by atoms with van der Waals surface area (Å²) in [6.45, 7) is 0.741. The average molecular weight is 405 g/mol. The predicted molar refractivity (Wildman–Crippen MR) is 110 cm³/mol. The van der Waals surface area contributed by atoms with E-state index in [-0.39, 0.29) is 11.9 Å². The lowest BCUT2D eigenvalue weighted by Crippen LogP contribution is -2.27. The zero-order valence-corrected chi connectivity index (χ0v) is 16.7. The second kappa shape index (κ2) is 8.97. The van der Waals surface area contributed by atoms with Gasteiger partial charge in [-0.2, -0.15) is 0 Å². The minimum absolute atomic E-state index is 0.142. The van der Waals surface area contributed by atoms with Crippen molar-refractivity contribution in [3.05, 3.63) is 89.2 Å². The zero-order valence-electron chi connectivity index (χ0n) is 16.7. The molecule has 2 heterocycles. The Kier molecular flexibility index (Phi) is 5.95. The molecule has 1 aromatic heterocycles. The summed E-state index contributed by atoms with van der Waals surface area (Å²) < 4.78 is 16.5. The van der Waals surface area contributed by atoms with Crippen LogP contribution >= 0.6 is 0 Å². The summed E-state index contributed by atoms with van der Waals surface area (Å²) >= 11 is 0. The SMILES string of the molecule is COC(=O)c1cccc(CC2COc3ccc(OCc4ccccn4)cc3C2O)c1. The quantitative estimate of drug-likeness (QED) is 0.630. The third kappa shape index (κ3) is 4.44. The Morgan fingerprint density at radius 2 is 2.07 bits per heavy atom. The minimum atomic E-state index is -0.700. The first-order valence-electron chi connectivity index (χ1n) is 9.79. The van der Waals surface area contributed by atoms with E-state index in [1.165, 1.54) is 7.11 Å². The second-order valence-electron chi connectivity index (χ2n) is 7.22. The van der Waals surface area contributed by atoms with Gasteiger partial charge in [-0.25, -0.2) is 4.79 Å². The van der Waals surface area contributed by atoms with Crippen molar-refractivity contribution in [2.75, 3.05) is 13.7 Å². The Morgan fingerprint density at radius 3 is 2.87 bits per heavy atom. The number of nitrogens with zero attached hydrogens (tertiary/aromatic N) is 1. The third-order valence-corrected chi connectivity index (χ3v) is 5.16. The van der Waals surface area contributed by atoms with Crippen LogP contribution in [-0.4, -0.2) is 29.8 Å². The molecule has 0 saturated heterocycles. The van der Waals surface area contributed by atoms with Gasteiger partial charge in [-0.3, -0.25) is 4.98 Å². The molecule has 0 aliphatic carbocycles. The molecule has 2 atom stereocenters. The number of ether oxygens (including phenoxy) is 3. The molecule has 1 N–H and O–H groups in total. The summed E-state index contributed by atoms with van der Waals surface area (Å²) in [6, 6.07) is 18.4. The molecular weight excluding hydrogens is 382 g/mol. The van der Waals surface area contributed by atoms with E-state index in [0.29, 0.717) is 42.3 Å². The molecule has 1 aliphatic rings. The topological polar surface area (TPSA) is 77.9 Å². The maximum Gasteiger partial charge on any atom is 0.337 e. The van der Waals surface area contributed by atoms with E-state index in [2.05, 4.69) is 4.98 Å². The number of hydrogen-bond acceptors (Lipinski definition) is 6. The van der Waals surface area contributed by atoms with Crippen molar-refractivity contribution in [1.29, 1.82) is 0 Å². The average Bonchev–Trinajstić information content (AvgIpc) is 2.80. The van der Waals surface area contributed by atoms with Crippen LogP contribution in [0.1, 0.15) is 33.3 Å². The van der Waals surface area contributed by atoms with E-state index in [9.17, 15) is 9.90 Å². The van der Waals surface area contributed by atoms with Crippen molar-refractivity contribution in [3.63, 3.8) is 0 Å². The van der Waals surface area contributed by atoms with Gasteiger partial charge in [0.15, 0.2) is 0 Å². The molecule has 0 bridgehead atoms. The summed E-state index contributed by atoms with van der Waals surface area (Å²) in [6.07, 6.45) is 1.60. The van der Waals surface area contributed by atoms with Crippen molar-refractivity contribution < 1.29 is 24.1 Å². The number of aliphatic hydroxyl groups excluding tert-OH is 1. The van der Waals surface area contributed by atoms with Crippen molar-refractivity contribution in [2.45, 2.75) is 19.1 Å². The highest BCUT2D eigenvalue weighted by Crippen LogP contribution is 2.39. The molecule has 6 nitrogen and oxygen atoms in total. The van der Waals surface area contributed by atoms with Crippen molar-refractivity contribution >= 4 is 5.97 Å². The van der Waals surface area contributed by atoms with Crippen LogP contribution in [0.5, 0.6) is 11.5 Å². The molecule has 0 amide bonds. The lowest BCUT2D eigenvalue weighted by atomic mass is 9.88. The number of esters is 1. The number of aliphatic hydroxyl groups is 1. The van der Waals surface area contributed by atoms with Crippen molar-refractivity contribution in [2.24, 2.45) is 5.92 Å². The first-order chi connectivity index (χ1) is 14.6. The van der Waals surface area contributed by atoms with Crippen LogP contribution in [0.4, 0.5) is 0 Å². The summed E-state index contributed by atoms with van der Waals surface area (Å²) in [5, 5.41) is 11.0. The Balaban J connectivity index is 1.47. The first kappa shape index (κ1) is 19.9. The van der Waals surface area contributed by atoms with Gasteiger partial charge in [0, 0.05) is 17.7 Å². The van der Waals surface area contributed by atoms with Crippen LogP contribution in [0, 0.1) is 5.92 Å². The summed E-state index contributed by atoms with van der Waals surface area (Å²) in [7, 11) is 1.36. The van der Waals surface area contributed by atoms with Crippen LogP contribution in [0.15, 0.2) is 66.9 Å².